The number of ether oxygens (including phenoxy) is 2. The predicted octanol–water partition coefficient (Wildman–Crippen LogP) is 1.58. The summed E-state index contributed by atoms with van der Waals surface area (Å²) in [5, 5.41) is 4.26. The maximum Gasteiger partial charge on any atom is 0.316 e. The Morgan fingerprint density at radius 3 is 2.88 bits per heavy atom. The zero-order valence-corrected chi connectivity index (χ0v) is 13.4. The Labute approximate surface area is 139 Å². The highest BCUT2D eigenvalue weighted by atomic mass is 16.5. The van der Waals surface area contributed by atoms with E-state index in [0.29, 0.717) is 11.8 Å². The highest BCUT2D eigenvalue weighted by Crippen LogP contribution is 2.24. The van der Waals surface area contributed by atoms with Gasteiger partial charge in [-0.2, -0.15) is 15.1 Å². The van der Waals surface area contributed by atoms with Crippen molar-refractivity contribution in [2.45, 2.75) is 18.9 Å². The van der Waals surface area contributed by atoms with Crippen LogP contribution in [0.1, 0.15) is 12.8 Å². The average molecular weight is 326 g/mol. The lowest BCUT2D eigenvalue weighted by Crippen LogP contribution is -2.42. The van der Waals surface area contributed by atoms with Crippen molar-refractivity contribution in [3.05, 3.63) is 37.1 Å². The Bertz CT molecular complexity index is 819. The van der Waals surface area contributed by atoms with Crippen LogP contribution in [0.4, 0.5) is 5.82 Å². The monoisotopic (exact) mass is 326 g/mol. The van der Waals surface area contributed by atoms with Gasteiger partial charge in [0.2, 0.25) is 0 Å². The van der Waals surface area contributed by atoms with Gasteiger partial charge in [0, 0.05) is 18.9 Å². The van der Waals surface area contributed by atoms with E-state index in [-0.39, 0.29) is 6.10 Å². The van der Waals surface area contributed by atoms with Crippen molar-refractivity contribution in [3.8, 4) is 11.8 Å². The summed E-state index contributed by atoms with van der Waals surface area (Å²) in [5.74, 6) is 1.54. The molecular formula is C16H18N6O2. The first-order valence-corrected chi connectivity index (χ1v) is 7.89. The largest absolute Gasteiger partial charge is 0.494 e. The molecule has 0 aromatic carbocycles. The van der Waals surface area contributed by atoms with Crippen molar-refractivity contribution in [1.29, 1.82) is 0 Å². The molecule has 0 N–H and O–H groups in total. The topological polar surface area (TPSA) is 77.7 Å². The maximum absolute atomic E-state index is 5.93. The summed E-state index contributed by atoms with van der Waals surface area (Å²) in [6, 6.07) is 2.34. The van der Waals surface area contributed by atoms with E-state index in [1.807, 2.05) is 16.8 Å². The third-order valence-electron chi connectivity index (χ3n) is 4.09. The van der Waals surface area contributed by atoms with Gasteiger partial charge in [0.25, 0.3) is 0 Å². The van der Waals surface area contributed by atoms with Crippen LogP contribution in [-0.4, -0.2) is 50.9 Å². The number of hydrogen-bond donors (Lipinski definition) is 0. The molecule has 4 heterocycles. The molecule has 0 aliphatic carbocycles. The van der Waals surface area contributed by atoms with E-state index in [1.54, 1.807) is 31.9 Å². The first-order valence-electron chi connectivity index (χ1n) is 7.89. The SMILES string of the molecule is COc1cnc(OC2CCCN(c3nccn4nccc34)C2)nc1. The summed E-state index contributed by atoms with van der Waals surface area (Å²) in [6.07, 6.45) is 10.6. The summed E-state index contributed by atoms with van der Waals surface area (Å²) in [4.78, 5) is 15.1. The van der Waals surface area contributed by atoms with Crippen LogP contribution in [0.5, 0.6) is 11.8 Å². The van der Waals surface area contributed by atoms with Gasteiger partial charge in [0.05, 0.1) is 32.2 Å². The van der Waals surface area contributed by atoms with E-state index in [4.69, 9.17) is 9.47 Å². The van der Waals surface area contributed by atoms with Gasteiger partial charge in [-0.1, -0.05) is 0 Å². The van der Waals surface area contributed by atoms with Crippen LogP contribution in [0.15, 0.2) is 37.1 Å². The van der Waals surface area contributed by atoms with E-state index in [9.17, 15) is 0 Å². The van der Waals surface area contributed by atoms with Crippen LogP contribution < -0.4 is 14.4 Å². The van der Waals surface area contributed by atoms with E-state index < -0.39 is 0 Å². The van der Waals surface area contributed by atoms with Crippen molar-refractivity contribution in [2.24, 2.45) is 0 Å². The molecule has 0 radical (unpaired) electrons. The summed E-state index contributed by atoms with van der Waals surface area (Å²) < 4.78 is 12.8. The molecule has 0 saturated carbocycles. The lowest BCUT2D eigenvalue weighted by atomic mass is 10.1. The minimum Gasteiger partial charge on any atom is -0.494 e. The second kappa shape index (κ2) is 6.31. The molecule has 4 rings (SSSR count). The van der Waals surface area contributed by atoms with Gasteiger partial charge in [-0.25, -0.2) is 9.50 Å². The molecule has 1 unspecified atom stereocenters. The fraction of sp³-hybridized carbons (Fsp3) is 0.375. The van der Waals surface area contributed by atoms with Crippen LogP contribution in [0.2, 0.25) is 0 Å². The van der Waals surface area contributed by atoms with Crippen molar-refractivity contribution < 1.29 is 9.47 Å². The van der Waals surface area contributed by atoms with Gasteiger partial charge in [-0.05, 0) is 18.9 Å². The second-order valence-corrected chi connectivity index (χ2v) is 5.65. The molecule has 1 aliphatic rings. The second-order valence-electron chi connectivity index (χ2n) is 5.65. The first-order chi connectivity index (χ1) is 11.8. The molecular weight excluding hydrogens is 308 g/mol. The molecule has 8 heteroatoms. The van der Waals surface area contributed by atoms with Crippen LogP contribution in [0.3, 0.4) is 0 Å². The number of rotatable bonds is 4. The van der Waals surface area contributed by atoms with Crippen LogP contribution in [0, 0.1) is 0 Å². The smallest absolute Gasteiger partial charge is 0.316 e. The molecule has 1 saturated heterocycles. The number of aromatic nitrogens is 5. The molecule has 0 bridgehead atoms. The molecule has 124 valence electrons. The van der Waals surface area contributed by atoms with Gasteiger partial charge in [0.1, 0.15) is 11.6 Å². The predicted molar refractivity (Wildman–Crippen MR) is 87.4 cm³/mol. The van der Waals surface area contributed by atoms with E-state index in [1.165, 1.54) is 0 Å². The highest BCUT2D eigenvalue weighted by Gasteiger charge is 2.24. The number of fused-ring (bicyclic) bond motifs is 1. The lowest BCUT2D eigenvalue weighted by Gasteiger charge is -2.33. The molecule has 0 amide bonds. The lowest BCUT2D eigenvalue weighted by molar-refractivity contribution is 0.164. The molecule has 1 fully saturated rings. The Morgan fingerprint density at radius 1 is 1.17 bits per heavy atom. The van der Waals surface area contributed by atoms with E-state index in [0.717, 1.165) is 37.3 Å². The quantitative estimate of drug-likeness (QED) is 0.720. The molecule has 8 nitrogen and oxygen atoms in total. The Kier molecular flexibility index (Phi) is 3.86. The Balaban J connectivity index is 1.50. The number of methoxy groups -OCH3 is 1. The molecule has 0 spiro atoms. The minimum absolute atomic E-state index is 0.0251. The third-order valence-corrected chi connectivity index (χ3v) is 4.09. The standard InChI is InChI=1S/C16H18N6O2/c1-23-13-9-18-16(19-10-13)24-12-3-2-7-21(11-12)15-14-4-5-20-22(14)8-6-17-15/h4-6,8-10,12H,2-3,7,11H2,1H3. The molecule has 3 aromatic heterocycles. The summed E-state index contributed by atoms with van der Waals surface area (Å²) in [6.45, 7) is 1.69. The molecule has 1 atom stereocenters. The maximum atomic E-state index is 5.93. The van der Waals surface area contributed by atoms with Crippen molar-refractivity contribution in [2.75, 3.05) is 25.1 Å². The fourth-order valence-corrected chi connectivity index (χ4v) is 2.93. The van der Waals surface area contributed by atoms with Gasteiger partial charge in [0.15, 0.2) is 11.6 Å². The minimum atomic E-state index is 0.0251. The highest BCUT2D eigenvalue weighted by molar-refractivity contribution is 5.68. The Hall–Kier alpha value is -2.90. The fourth-order valence-electron chi connectivity index (χ4n) is 2.93. The number of piperidine rings is 1. The third kappa shape index (κ3) is 2.82. The van der Waals surface area contributed by atoms with Crippen LogP contribution in [0.25, 0.3) is 5.52 Å². The van der Waals surface area contributed by atoms with Crippen LogP contribution >= 0.6 is 0 Å². The zero-order valence-electron chi connectivity index (χ0n) is 13.4. The summed E-state index contributed by atoms with van der Waals surface area (Å²) >= 11 is 0. The molecule has 3 aromatic rings. The van der Waals surface area contributed by atoms with E-state index >= 15 is 0 Å². The van der Waals surface area contributed by atoms with Gasteiger partial charge < -0.3 is 14.4 Å². The van der Waals surface area contributed by atoms with Gasteiger partial charge >= 0.3 is 6.01 Å². The van der Waals surface area contributed by atoms with Crippen molar-refractivity contribution in [3.63, 3.8) is 0 Å². The van der Waals surface area contributed by atoms with E-state index in [2.05, 4.69) is 25.0 Å². The number of hydrogen-bond acceptors (Lipinski definition) is 7. The average Bonchev–Trinajstić information content (AvgIpc) is 3.11. The summed E-state index contributed by atoms with van der Waals surface area (Å²) in [7, 11) is 1.59. The molecule has 24 heavy (non-hydrogen) atoms. The first kappa shape index (κ1) is 14.7. The van der Waals surface area contributed by atoms with Crippen molar-refractivity contribution >= 4 is 11.3 Å². The number of anilines is 1. The summed E-state index contributed by atoms with van der Waals surface area (Å²) in [5.41, 5.74) is 0.999. The van der Waals surface area contributed by atoms with Gasteiger partial charge in [-0.15, -0.1) is 0 Å². The normalized spacial score (nSPS) is 17.9. The van der Waals surface area contributed by atoms with Gasteiger partial charge in [-0.3, -0.25) is 0 Å². The zero-order chi connectivity index (χ0) is 16.4. The van der Waals surface area contributed by atoms with Crippen molar-refractivity contribution in [1.82, 2.24) is 24.6 Å². The molecule has 1 aliphatic heterocycles. The van der Waals surface area contributed by atoms with Crippen LogP contribution in [-0.2, 0) is 0 Å². The number of nitrogens with zero attached hydrogens (tertiary/aromatic N) is 6. The Morgan fingerprint density at radius 2 is 2.04 bits per heavy atom.